The second-order valence-corrected chi connectivity index (χ2v) is 8.09. The smallest absolute Gasteiger partial charge is 0.294 e. The van der Waals surface area contributed by atoms with E-state index in [1.165, 1.54) is 0 Å². The summed E-state index contributed by atoms with van der Waals surface area (Å²) in [5, 5.41) is 2.19. The van der Waals surface area contributed by atoms with Crippen molar-refractivity contribution in [1.82, 2.24) is 9.47 Å². The first kappa shape index (κ1) is 22.2. The fourth-order valence-electron chi connectivity index (χ4n) is 3.22. The Kier molecular flexibility index (Phi) is 6.50. The fraction of sp³-hybridized carbons (Fsp3) is 0.125. The molecule has 9 heteroatoms. The van der Waals surface area contributed by atoms with Crippen molar-refractivity contribution in [2.45, 2.75) is 0 Å². The van der Waals surface area contributed by atoms with Crippen LogP contribution in [0.1, 0.15) is 5.56 Å². The molecule has 1 aliphatic rings. The Morgan fingerprint density at radius 1 is 0.970 bits per heavy atom. The predicted octanol–water partition coefficient (Wildman–Crippen LogP) is 4.17. The number of rotatable bonds is 7. The SMILES string of the molecule is COc1ccc(NC(=O)CN2C(=O)S/C(=C/c3ccn(-c4ccc(OC)cc4)c3)C2=O)cc1. The largest absolute Gasteiger partial charge is 0.497 e. The van der Waals surface area contributed by atoms with E-state index >= 15 is 0 Å². The summed E-state index contributed by atoms with van der Waals surface area (Å²) in [5.41, 5.74) is 2.24. The molecule has 2 aromatic carbocycles. The van der Waals surface area contributed by atoms with Gasteiger partial charge in [0.2, 0.25) is 5.91 Å². The summed E-state index contributed by atoms with van der Waals surface area (Å²) in [5.74, 6) is 0.460. The molecule has 0 bridgehead atoms. The molecule has 4 rings (SSSR count). The number of ether oxygens (including phenoxy) is 2. The van der Waals surface area contributed by atoms with Gasteiger partial charge < -0.3 is 19.4 Å². The third kappa shape index (κ3) is 5.09. The zero-order valence-corrected chi connectivity index (χ0v) is 18.8. The Hall–Kier alpha value is -3.98. The summed E-state index contributed by atoms with van der Waals surface area (Å²) in [4.78, 5) is 38.7. The van der Waals surface area contributed by atoms with Crippen molar-refractivity contribution in [3.63, 3.8) is 0 Å². The lowest BCUT2D eigenvalue weighted by Crippen LogP contribution is -2.36. The van der Waals surface area contributed by atoms with Gasteiger partial charge in [-0.25, -0.2) is 0 Å². The monoisotopic (exact) mass is 463 g/mol. The number of carbonyl (C=O) groups excluding carboxylic acids is 3. The summed E-state index contributed by atoms with van der Waals surface area (Å²) >= 11 is 0.816. The fourth-order valence-corrected chi connectivity index (χ4v) is 4.06. The van der Waals surface area contributed by atoms with Gasteiger partial charge in [0, 0.05) is 23.8 Å². The highest BCUT2D eigenvalue weighted by atomic mass is 32.2. The number of benzene rings is 2. The maximum absolute atomic E-state index is 12.7. The number of hydrogen-bond acceptors (Lipinski definition) is 6. The summed E-state index contributed by atoms with van der Waals surface area (Å²) < 4.78 is 12.2. The van der Waals surface area contributed by atoms with Crippen LogP contribution in [0.2, 0.25) is 0 Å². The Morgan fingerprint density at radius 3 is 2.24 bits per heavy atom. The molecule has 1 aliphatic heterocycles. The summed E-state index contributed by atoms with van der Waals surface area (Å²) in [6.07, 6.45) is 5.36. The molecule has 0 spiro atoms. The van der Waals surface area contributed by atoms with E-state index in [-0.39, 0.29) is 11.4 Å². The number of methoxy groups -OCH3 is 2. The zero-order valence-electron chi connectivity index (χ0n) is 18.0. The minimum Gasteiger partial charge on any atom is -0.497 e. The minimum absolute atomic E-state index is 0.268. The maximum atomic E-state index is 12.7. The normalized spacial score (nSPS) is 14.6. The number of carbonyl (C=O) groups is 3. The highest BCUT2D eigenvalue weighted by molar-refractivity contribution is 8.18. The van der Waals surface area contributed by atoms with Crippen molar-refractivity contribution in [2.24, 2.45) is 0 Å². The van der Waals surface area contributed by atoms with Gasteiger partial charge in [-0.3, -0.25) is 19.3 Å². The van der Waals surface area contributed by atoms with Crippen LogP contribution < -0.4 is 14.8 Å². The molecule has 0 radical (unpaired) electrons. The van der Waals surface area contributed by atoms with Gasteiger partial charge in [-0.1, -0.05) is 0 Å². The van der Waals surface area contributed by atoms with Gasteiger partial charge in [0.25, 0.3) is 11.1 Å². The van der Waals surface area contributed by atoms with Crippen LogP contribution in [0, 0.1) is 0 Å². The third-order valence-corrected chi connectivity index (χ3v) is 5.84. The van der Waals surface area contributed by atoms with Gasteiger partial charge in [0.1, 0.15) is 18.0 Å². The summed E-state index contributed by atoms with van der Waals surface area (Å²) in [6.45, 7) is -0.360. The molecule has 0 unspecified atom stereocenters. The minimum atomic E-state index is -0.493. The molecule has 1 fully saturated rings. The van der Waals surface area contributed by atoms with Gasteiger partial charge in [-0.05, 0) is 78.0 Å². The van der Waals surface area contributed by atoms with E-state index in [0.29, 0.717) is 11.4 Å². The van der Waals surface area contributed by atoms with Gasteiger partial charge in [0.05, 0.1) is 19.1 Å². The van der Waals surface area contributed by atoms with Crippen LogP contribution in [0.5, 0.6) is 11.5 Å². The number of amides is 3. The molecule has 3 amide bonds. The van der Waals surface area contributed by atoms with Gasteiger partial charge in [-0.2, -0.15) is 0 Å². The molecule has 3 aromatic rings. The molecule has 1 N–H and O–H groups in total. The second-order valence-electron chi connectivity index (χ2n) is 7.09. The second kappa shape index (κ2) is 9.66. The van der Waals surface area contributed by atoms with Gasteiger partial charge in [-0.15, -0.1) is 0 Å². The average Bonchev–Trinajstić information content (AvgIpc) is 3.40. The molecule has 0 atom stereocenters. The molecule has 1 aromatic heterocycles. The van der Waals surface area contributed by atoms with Crippen LogP contribution in [0.3, 0.4) is 0 Å². The topological polar surface area (TPSA) is 89.9 Å². The highest BCUT2D eigenvalue weighted by Crippen LogP contribution is 2.32. The van der Waals surface area contributed by atoms with Crippen LogP contribution in [-0.4, -0.2) is 47.3 Å². The Balaban J connectivity index is 1.42. The number of aromatic nitrogens is 1. The number of nitrogens with one attached hydrogen (secondary N) is 1. The molecule has 1 saturated heterocycles. The van der Waals surface area contributed by atoms with Crippen molar-refractivity contribution < 1.29 is 23.9 Å². The molecule has 2 heterocycles. The van der Waals surface area contributed by atoms with Crippen molar-refractivity contribution >= 4 is 40.6 Å². The molecule has 33 heavy (non-hydrogen) atoms. The summed E-state index contributed by atoms with van der Waals surface area (Å²) in [6, 6.07) is 16.2. The lowest BCUT2D eigenvalue weighted by Gasteiger charge is -2.12. The maximum Gasteiger partial charge on any atom is 0.294 e. The van der Waals surface area contributed by atoms with E-state index in [2.05, 4.69) is 5.32 Å². The Morgan fingerprint density at radius 2 is 1.61 bits per heavy atom. The third-order valence-electron chi connectivity index (χ3n) is 4.93. The van der Waals surface area contributed by atoms with Crippen LogP contribution in [-0.2, 0) is 9.59 Å². The molecule has 168 valence electrons. The van der Waals surface area contributed by atoms with Crippen molar-refractivity contribution in [3.05, 3.63) is 77.5 Å². The summed E-state index contributed by atoms with van der Waals surface area (Å²) in [7, 11) is 3.16. The van der Waals surface area contributed by atoms with Gasteiger partial charge >= 0.3 is 0 Å². The molecule has 8 nitrogen and oxygen atoms in total. The van der Waals surface area contributed by atoms with E-state index in [1.54, 1.807) is 44.6 Å². The first-order chi connectivity index (χ1) is 16.0. The highest BCUT2D eigenvalue weighted by Gasteiger charge is 2.36. The van der Waals surface area contributed by atoms with Crippen LogP contribution in [0.15, 0.2) is 71.9 Å². The number of imide groups is 1. The lowest BCUT2D eigenvalue weighted by molar-refractivity contribution is -0.127. The Labute approximate surface area is 194 Å². The zero-order chi connectivity index (χ0) is 23.4. The van der Waals surface area contributed by atoms with E-state index in [9.17, 15) is 14.4 Å². The number of thioether (sulfide) groups is 1. The van der Waals surface area contributed by atoms with E-state index < -0.39 is 17.1 Å². The Bertz CT molecular complexity index is 1220. The predicted molar refractivity (Wildman–Crippen MR) is 127 cm³/mol. The van der Waals surface area contributed by atoms with Crippen LogP contribution in [0.25, 0.3) is 11.8 Å². The van der Waals surface area contributed by atoms with Crippen LogP contribution in [0.4, 0.5) is 10.5 Å². The number of anilines is 1. The molecule has 0 aliphatic carbocycles. The van der Waals surface area contributed by atoms with E-state index in [4.69, 9.17) is 9.47 Å². The van der Waals surface area contributed by atoms with Crippen molar-refractivity contribution in [2.75, 3.05) is 26.1 Å². The molecular formula is C24H21N3O5S. The molecule has 0 saturated carbocycles. The van der Waals surface area contributed by atoms with E-state index in [1.807, 2.05) is 47.3 Å². The average molecular weight is 464 g/mol. The van der Waals surface area contributed by atoms with Crippen molar-refractivity contribution in [3.8, 4) is 17.2 Å². The quantitative estimate of drug-likeness (QED) is 0.529. The first-order valence-electron chi connectivity index (χ1n) is 9.98. The number of hydrogen-bond donors (Lipinski definition) is 1. The van der Waals surface area contributed by atoms with Crippen molar-refractivity contribution in [1.29, 1.82) is 0 Å². The van der Waals surface area contributed by atoms with E-state index in [0.717, 1.165) is 33.7 Å². The standard InChI is InChI=1S/C24H21N3O5S/c1-31-19-7-3-17(4-8-19)25-22(28)15-27-23(29)21(33-24(27)30)13-16-11-12-26(14-16)18-5-9-20(32-2)10-6-18/h3-14H,15H2,1-2H3,(H,25,28)/b21-13+. The van der Waals surface area contributed by atoms with Gasteiger partial charge in [0.15, 0.2) is 0 Å². The molecular weight excluding hydrogens is 442 g/mol. The first-order valence-corrected chi connectivity index (χ1v) is 10.8. The van der Waals surface area contributed by atoms with Crippen LogP contribution >= 0.6 is 11.8 Å². The number of nitrogens with zero attached hydrogens (tertiary/aromatic N) is 2. The lowest BCUT2D eigenvalue weighted by atomic mass is 10.3.